The molecule has 9 heteroatoms. The van der Waals surface area contributed by atoms with Crippen LogP contribution < -0.4 is 10.9 Å². The van der Waals surface area contributed by atoms with Crippen molar-refractivity contribution in [3.63, 3.8) is 0 Å². The number of nitrogens with zero attached hydrogens (tertiary/aromatic N) is 2. The molecule has 8 nitrogen and oxygen atoms in total. The molecule has 0 spiro atoms. The Hall–Kier alpha value is -3.85. The molecule has 0 atom stereocenters. The molecule has 34 heavy (non-hydrogen) atoms. The van der Waals surface area contributed by atoms with Gasteiger partial charge in [-0.2, -0.15) is 0 Å². The number of aromatic nitrogens is 2. The summed E-state index contributed by atoms with van der Waals surface area (Å²) < 4.78 is 12.7. The first-order valence-electron chi connectivity index (χ1n) is 10.5. The van der Waals surface area contributed by atoms with Crippen LogP contribution in [-0.4, -0.2) is 27.2 Å². The number of fused-ring (bicyclic) bond motifs is 1. The predicted molar refractivity (Wildman–Crippen MR) is 130 cm³/mol. The Labute approximate surface area is 199 Å². The van der Waals surface area contributed by atoms with Crippen LogP contribution in [0.25, 0.3) is 11.0 Å². The number of imidazole rings is 1. The number of anilines is 1. The Bertz CT molecular complexity index is 1440. The fraction of sp³-hybridized carbons (Fsp3) is 0.200. The first kappa shape index (κ1) is 23.3. The van der Waals surface area contributed by atoms with Gasteiger partial charge in [-0.3, -0.25) is 4.79 Å². The predicted octanol–water partition coefficient (Wildman–Crippen LogP) is 4.23. The molecular weight excluding hydrogens is 454 g/mol. The number of amides is 1. The molecule has 0 saturated heterocycles. The van der Waals surface area contributed by atoms with Crippen molar-refractivity contribution in [3.8, 4) is 0 Å². The Morgan fingerprint density at radius 2 is 1.97 bits per heavy atom. The highest BCUT2D eigenvalue weighted by Gasteiger charge is 2.17. The second-order valence-corrected chi connectivity index (χ2v) is 8.70. The molecule has 2 heterocycles. The SMILES string of the molecule is Cc1ccc2c(COC(=O)c3ccccc3NC(=O)CSc3nccn3C)cc(=O)oc2c1C. The zero-order valence-corrected chi connectivity index (χ0v) is 19.8. The number of rotatable bonds is 7. The number of esters is 1. The number of hydrogen-bond donors (Lipinski definition) is 1. The van der Waals surface area contributed by atoms with Crippen molar-refractivity contribution in [1.29, 1.82) is 0 Å². The molecule has 0 bridgehead atoms. The van der Waals surface area contributed by atoms with E-state index in [9.17, 15) is 14.4 Å². The highest BCUT2D eigenvalue weighted by molar-refractivity contribution is 7.99. The quantitative estimate of drug-likeness (QED) is 0.241. The number of hydrogen-bond acceptors (Lipinski definition) is 7. The van der Waals surface area contributed by atoms with E-state index in [-0.39, 0.29) is 23.8 Å². The van der Waals surface area contributed by atoms with Crippen LogP contribution in [0.4, 0.5) is 5.69 Å². The third-order valence-corrected chi connectivity index (χ3v) is 6.46. The summed E-state index contributed by atoms with van der Waals surface area (Å²) in [5.41, 5.74) is 2.95. The van der Waals surface area contributed by atoms with Crippen LogP contribution in [0.5, 0.6) is 0 Å². The molecule has 0 aliphatic rings. The summed E-state index contributed by atoms with van der Waals surface area (Å²) in [6.45, 7) is 3.70. The minimum absolute atomic E-state index is 0.110. The maximum atomic E-state index is 12.9. The summed E-state index contributed by atoms with van der Waals surface area (Å²) in [7, 11) is 1.85. The maximum Gasteiger partial charge on any atom is 0.340 e. The summed E-state index contributed by atoms with van der Waals surface area (Å²) in [6.07, 6.45) is 3.46. The van der Waals surface area contributed by atoms with Crippen LogP contribution in [0, 0.1) is 13.8 Å². The number of carbonyl (C=O) groups excluding carboxylic acids is 2. The highest BCUT2D eigenvalue weighted by atomic mass is 32.2. The van der Waals surface area contributed by atoms with Crippen LogP contribution in [0.1, 0.15) is 27.0 Å². The molecule has 0 unspecified atom stereocenters. The van der Waals surface area contributed by atoms with Gasteiger partial charge in [0.05, 0.1) is 17.0 Å². The monoisotopic (exact) mass is 477 g/mol. The first-order chi connectivity index (χ1) is 16.3. The molecule has 4 rings (SSSR count). The summed E-state index contributed by atoms with van der Waals surface area (Å²) in [6, 6.07) is 11.7. The number of thioether (sulfide) groups is 1. The second kappa shape index (κ2) is 9.96. The lowest BCUT2D eigenvalue weighted by Crippen LogP contribution is -2.17. The van der Waals surface area contributed by atoms with Gasteiger partial charge in [0, 0.05) is 36.5 Å². The molecule has 0 aliphatic carbocycles. The largest absolute Gasteiger partial charge is 0.457 e. The molecule has 0 saturated carbocycles. The van der Waals surface area contributed by atoms with Crippen molar-refractivity contribution in [2.24, 2.45) is 7.05 Å². The molecule has 1 N–H and O–H groups in total. The Balaban J connectivity index is 1.47. The fourth-order valence-corrected chi connectivity index (χ4v) is 4.17. The van der Waals surface area contributed by atoms with Crippen LogP contribution in [0.3, 0.4) is 0 Å². The van der Waals surface area contributed by atoms with Gasteiger partial charge in [-0.15, -0.1) is 0 Å². The van der Waals surface area contributed by atoms with E-state index in [1.807, 2.05) is 37.6 Å². The molecule has 0 radical (unpaired) electrons. The topological polar surface area (TPSA) is 103 Å². The number of ether oxygens (including phenoxy) is 1. The Morgan fingerprint density at radius 3 is 2.74 bits per heavy atom. The van der Waals surface area contributed by atoms with E-state index >= 15 is 0 Å². The Kier molecular flexibility index (Phi) is 6.83. The molecule has 174 valence electrons. The van der Waals surface area contributed by atoms with Crippen molar-refractivity contribution >= 4 is 40.3 Å². The van der Waals surface area contributed by atoms with Gasteiger partial charge in [-0.25, -0.2) is 14.6 Å². The zero-order valence-electron chi connectivity index (χ0n) is 19.0. The van der Waals surface area contributed by atoms with Crippen LogP contribution in [0.15, 0.2) is 69.2 Å². The summed E-state index contributed by atoms with van der Waals surface area (Å²) in [4.78, 5) is 41.5. The molecule has 4 aromatic rings. The average molecular weight is 478 g/mol. The lowest BCUT2D eigenvalue weighted by molar-refractivity contribution is -0.113. The first-order valence-corrected chi connectivity index (χ1v) is 11.5. The maximum absolute atomic E-state index is 12.9. The fourth-order valence-electron chi connectivity index (χ4n) is 3.44. The van der Waals surface area contributed by atoms with E-state index in [0.29, 0.717) is 27.4 Å². The van der Waals surface area contributed by atoms with E-state index in [4.69, 9.17) is 9.15 Å². The number of nitrogens with one attached hydrogen (secondary N) is 1. The summed E-state index contributed by atoms with van der Waals surface area (Å²) >= 11 is 1.29. The normalized spacial score (nSPS) is 10.9. The number of carbonyl (C=O) groups is 2. The zero-order chi connectivity index (χ0) is 24.2. The van der Waals surface area contributed by atoms with E-state index in [0.717, 1.165) is 11.1 Å². The highest BCUT2D eigenvalue weighted by Crippen LogP contribution is 2.25. The van der Waals surface area contributed by atoms with Gasteiger partial charge in [0.1, 0.15) is 12.2 Å². The molecule has 0 aliphatic heterocycles. The van der Waals surface area contributed by atoms with Crippen molar-refractivity contribution in [1.82, 2.24) is 9.55 Å². The molecular formula is C25H23N3O5S. The summed E-state index contributed by atoms with van der Waals surface area (Å²) in [5.74, 6) is -0.748. The number of benzene rings is 2. The Morgan fingerprint density at radius 1 is 1.18 bits per heavy atom. The van der Waals surface area contributed by atoms with Gasteiger partial charge in [0.15, 0.2) is 5.16 Å². The van der Waals surface area contributed by atoms with E-state index in [2.05, 4.69) is 10.3 Å². The van der Waals surface area contributed by atoms with E-state index < -0.39 is 11.6 Å². The third-order valence-electron chi connectivity index (χ3n) is 5.41. The standard InChI is InChI=1S/C25H23N3O5S/c1-15-8-9-18-17(12-22(30)33-23(18)16(15)2)13-32-24(31)19-6-4-5-7-20(19)27-21(29)14-34-25-26-10-11-28(25)3/h4-12H,13-14H2,1-3H3,(H,27,29). The van der Waals surface area contributed by atoms with E-state index in [1.54, 1.807) is 36.7 Å². The average Bonchev–Trinajstić information content (AvgIpc) is 3.23. The van der Waals surface area contributed by atoms with Crippen molar-refractivity contribution < 1.29 is 18.7 Å². The minimum atomic E-state index is -0.613. The van der Waals surface area contributed by atoms with Crippen LogP contribution >= 0.6 is 11.8 Å². The van der Waals surface area contributed by atoms with Gasteiger partial charge < -0.3 is 19.0 Å². The molecule has 2 aromatic carbocycles. The minimum Gasteiger partial charge on any atom is -0.457 e. The molecule has 0 fully saturated rings. The van der Waals surface area contributed by atoms with Gasteiger partial charge in [0.25, 0.3) is 0 Å². The van der Waals surface area contributed by atoms with Gasteiger partial charge in [0.2, 0.25) is 5.91 Å². The van der Waals surface area contributed by atoms with Gasteiger partial charge in [-0.1, -0.05) is 36.0 Å². The molecule has 2 aromatic heterocycles. The smallest absolute Gasteiger partial charge is 0.340 e. The lowest BCUT2D eigenvalue weighted by Gasteiger charge is -2.12. The van der Waals surface area contributed by atoms with Gasteiger partial charge in [-0.05, 0) is 37.1 Å². The van der Waals surface area contributed by atoms with Crippen molar-refractivity contribution in [3.05, 3.63) is 87.5 Å². The number of para-hydroxylation sites is 1. The van der Waals surface area contributed by atoms with Crippen molar-refractivity contribution in [2.75, 3.05) is 11.1 Å². The third kappa shape index (κ3) is 5.04. The van der Waals surface area contributed by atoms with Crippen LogP contribution in [-0.2, 0) is 23.2 Å². The molecule has 1 amide bonds. The lowest BCUT2D eigenvalue weighted by atomic mass is 10.0. The van der Waals surface area contributed by atoms with Gasteiger partial charge >= 0.3 is 11.6 Å². The van der Waals surface area contributed by atoms with E-state index in [1.165, 1.54) is 17.8 Å². The van der Waals surface area contributed by atoms with Crippen LogP contribution in [0.2, 0.25) is 0 Å². The number of aryl methyl sites for hydroxylation is 3. The van der Waals surface area contributed by atoms with Crippen molar-refractivity contribution in [2.45, 2.75) is 25.6 Å². The summed E-state index contributed by atoms with van der Waals surface area (Å²) in [5, 5.41) is 4.19. The second-order valence-electron chi connectivity index (χ2n) is 7.75.